The number of aryl methyl sites for hydroxylation is 2. The van der Waals surface area contributed by atoms with E-state index in [1.54, 1.807) is 23.9 Å². The Hall–Kier alpha value is -2.21. The van der Waals surface area contributed by atoms with E-state index in [1.807, 2.05) is 6.92 Å². The van der Waals surface area contributed by atoms with Gasteiger partial charge in [0.15, 0.2) is 0 Å². The first-order chi connectivity index (χ1) is 8.52. The fourth-order valence-electron chi connectivity index (χ4n) is 1.73. The fraction of sp³-hybridized carbons (Fsp3) is 0.250. The van der Waals surface area contributed by atoms with Crippen LogP contribution in [-0.4, -0.2) is 19.8 Å². The SMILES string of the molecule is Cc1ccc([N+](=O)[O-])cc1-n1cc(CO)c(C)n1. The molecule has 2 rings (SSSR count). The number of hydrogen-bond acceptors (Lipinski definition) is 4. The van der Waals surface area contributed by atoms with Crippen molar-refractivity contribution in [2.45, 2.75) is 20.5 Å². The molecule has 0 radical (unpaired) electrons. The maximum Gasteiger partial charge on any atom is 0.271 e. The zero-order valence-corrected chi connectivity index (χ0v) is 10.1. The second kappa shape index (κ2) is 4.58. The van der Waals surface area contributed by atoms with Crippen molar-refractivity contribution in [3.05, 3.63) is 51.3 Å². The van der Waals surface area contributed by atoms with Crippen LogP contribution in [-0.2, 0) is 6.61 Å². The zero-order valence-electron chi connectivity index (χ0n) is 10.1. The summed E-state index contributed by atoms with van der Waals surface area (Å²) >= 11 is 0. The third-order valence-electron chi connectivity index (χ3n) is 2.82. The monoisotopic (exact) mass is 247 g/mol. The van der Waals surface area contributed by atoms with Gasteiger partial charge in [-0.3, -0.25) is 10.1 Å². The molecule has 6 nitrogen and oxygen atoms in total. The normalized spacial score (nSPS) is 10.6. The van der Waals surface area contributed by atoms with Crippen molar-refractivity contribution in [1.82, 2.24) is 9.78 Å². The van der Waals surface area contributed by atoms with Gasteiger partial charge >= 0.3 is 0 Å². The molecular formula is C12H13N3O3. The van der Waals surface area contributed by atoms with Gasteiger partial charge in [-0.15, -0.1) is 0 Å². The van der Waals surface area contributed by atoms with Gasteiger partial charge in [0.1, 0.15) is 0 Å². The highest BCUT2D eigenvalue weighted by Gasteiger charge is 2.12. The van der Waals surface area contributed by atoms with Crippen molar-refractivity contribution >= 4 is 5.69 Å². The van der Waals surface area contributed by atoms with Crippen molar-refractivity contribution in [2.75, 3.05) is 0 Å². The molecule has 94 valence electrons. The first-order valence-corrected chi connectivity index (χ1v) is 5.44. The molecule has 0 unspecified atom stereocenters. The van der Waals surface area contributed by atoms with Crippen LogP contribution in [0.15, 0.2) is 24.4 Å². The second-order valence-electron chi connectivity index (χ2n) is 4.07. The Morgan fingerprint density at radius 3 is 2.72 bits per heavy atom. The van der Waals surface area contributed by atoms with Gasteiger partial charge in [0.05, 0.1) is 22.9 Å². The summed E-state index contributed by atoms with van der Waals surface area (Å²) in [4.78, 5) is 10.3. The van der Waals surface area contributed by atoms with Crippen LogP contribution in [0.5, 0.6) is 0 Å². The lowest BCUT2D eigenvalue weighted by Gasteiger charge is -2.05. The molecule has 6 heteroatoms. The molecule has 1 aromatic heterocycles. The van der Waals surface area contributed by atoms with Crippen molar-refractivity contribution in [1.29, 1.82) is 0 Å². The van der Waals surface area contributed by atoms with Gasteiger partial charge in [-0.1, -0.05) is 6.07 Å². The first kappa shape index (κ1) is 12.3. The van der Waals surface area contributed by atoms with E-state index in [1.165, 1.54) is 12.1 Å². The average Bonchev–Trinajstić information content (AvgIpc) is 2.70. The van der Waals surface area contributed by atoms with Crippen molar-refractivity contribution in [3.63, 3.8) is 0 Å². The van der Waals surface area contributed by atoms with Gasteiger partial charge in [-0.05, 0) is 19.4 Å². The lowest BCUT2D eigenvalue weighted by Crippen LogP contribution is -1.99. The molecule has 0 bridgehead atoms. The average molecular weight is 247 g/mol. The van der Waals surface area contributed by atoms with E-state index in [2.05, 4.69) is 5.10 Å². The number of hydrogen-bond donors (Lipinski definition) is 1. The number of nitro benzene ring substituents is 1. The summed E-state index contributed by atoms with van der Waals surface area (Å²) in [7, 11) is 0. The van der Waals surface area contributed by atoms with Gasteiger partial charge in [-0.25, -0.2) is 4.68 Å². The topological polar surface area (TPSA) is 81.2 Å². The minimum atomic E-state index is -0.438. The summed E-state index contributed by atoms with van der Waals surface area (Å²) in [6.07, 6.45) is 1.68. The highest BCUT2D eigenvalue weighted by Crippen LogP contribution is 2.21. The third-order valence-corrected chi connectivity index (χ3v) is 2.82. The van der Waals surface area contributed by atoms with Gasteiger partial charge in [0.2, 0.25) is 0 Å². The van der Waals surface area contributed by atoms with Crippen LogP contribution in [0.25, 0.3) is 5.69 Å². The van der Waals surface area contributed by atoms with Gasteiger partial charge in [-0.2, -0.15) is 5.10 Å². The molecule has 1 heterocycles. The molecule has 2 aromatic rings. The number of rotatable bonds is 3. The molecule has 0 aliphatic carbocycles. The van der Waals surface area contributed by atoms with Crippen LogP contribution < -0.4 is 0 Å². The molecule has 0 aliphatic rings. The van der Waals surface area contributed by atoms with E-state index < -0.39 is 4.92 Å². The Labute approximate surface area is 104 Å². The number of non-ortho nitro benzene ring substituents is 1. The van der Waals surface area contributed by atoms with E-state index in [-0.39, 0.29) is 12.3 Å². The summed E-state index contributed by atoms with van der Waals surface area (Å²) < 4.78 is 1.56. The van der Waals surface area contributed by atoms with Gasteiger partial charge in [0, 0.05) is 23.9 Å². The molecule has 1 aromatic carbocycles. The first-order valence-electron chi connectivity index (χ1n) is 5.44. The minimum absolute atomic E-state index is 0.0225. The molecule has 0 spiro atoms. The molecule has 0 saturated carbocycles. The number of aliphatic hydroxyl groups is 1. The molecule has 0 fully saturated rings. The fourth-order valence-corrected chi connectivity index (χ4v) is 1.73. The van der Waals surface area contributed by atoms with Crippen molar-refractivity contribution in [3.8, 4) is 5.69 Å². The number of aromatic nitrogens is 2. The van der Waals surface area contributed by atoms with Gasteiger partial charge < -0.3 is 5.11 Å². The lowest BCUT2D eigenvalue weighted by molar-refractivity contribution is -0.384. The van der Waals surface area contributed by atoms with E-state index in [9.17, 15) is 10.1 Å². The Kier molecular flexibility index (Phi) is 3.12. The minimum Gasteiger partial charge on any atom is -0.392 e. The number of benzene rings is 1. The lowest BCUT2D eigenvalue weighted by atomic mass is 10.2. The largest absolute Gasteiger partial charge is 0.392 e. The van der Waals surface area contributed by atoms with Crippen molar-refractivity contribution < 1.29 is 10.0 Å². The highest BCUT2D eigenvalue weighted by molar-refractivity contribution is 5.48. The quantitative estimate of drug-likeness (QED) is 0.663. The summed E-state index contributed by atoms with van der Waals surface area (Å²) in [5.74, 6) is 0. The van der Waals surface area contributed by atoms with Crippen LogP contribution >= 0.6 is 0 Å². The summed E-state index contributed by atoms with van der Waals surface area (Å²) in [5, 5.41) is 24.1. The Morgan fingerprint density at radius 2 is 2.17 bits per heavy atom. The molecule has 1 N–H and O–H groups in total. The van der Waals surface area contributed by atoms with E-state index in [0.717, 1.165) is 5.56 Å². The van der Waals surface area contributed by atoms with Crippen LogP contribution in [0.1, 0.15) is 16.8 Å². The molecule has 0 atom stereocenters. The summed E-state index contributed by atoms with van der Waals surface area (Å²) in [5.41, 5.74) is 2.97. The Morgan fingerprint density at radius 1 is 1.44 bits per heavy atom. The summed E-state index contributed by atoms with van der Waals surface area (Å²) in [6.45, 7) is 3.54. The Balaban J connectivity index is 2.55. The molecule has 0 saturated heterocycles. The predicted octanol–water partition coefficient (Wildman–Crippen LogP) is 1.89. The maximum atomic E-state index is 10.8. The third kappa shape index (κ3) is 2.10. The molecule has 0 aliphatic heterocycles. The van der Waals surface area contributed by atoms with Crippen LogP contribution in [0.2, 0.25) is 0 Å². The Bertz CT molecular complexity index is 605. The van der Waals surface area contributed by atoms with Gasteiger partial charge in [0.25, 0.3) is 5.69 Å². The molecule has 0 amide bonds. The molecular weight excluding hydrogens is 234 g/mol. The molecule has 18 heavy (non-hydrogen) atoms. The smallest absolute Gasteiger partial charge is 0.271 e. The van der Waals surface area contributed by atoms with E-state index in [0.29, 0.717) is 16.9 Å². The number of nitro groups is 1. The predicted molar refractivity (Wildman–Crippen MR) is 65.6 cm³/mol. The van der Waals surface area contributed by atoms with Crippen LogP contribution in [0.3, 0.4) is 0 Å². The van der Waals surface area contributed by atoms with Crippen LogP contribution in [0.4, 0.5) is 5.69 Å². The summed E-state index contributed by atoms with van der Waals surface area (Å²) in [6, 6.07) is 4.62. The van der Waals surface area contributed by atoms with E-state index in [4.69, 9.17) is 5.11 Å². The maximum absolute atomic E-state index is 10.8. The second-order valence-corrected chi connectivity index (χ2v) is 4.07. The zero-order chi connectivity index (χ0) is 13.3. The highest BCUT2D eigenvalue weighted by atomic mass is 16.6. The number of nitrogens with zero attached hydrogens (tertiary/aromatic N) is 3. The van der Waals surface area contributed by atoms with E-state index >= 15 is 0 Å². The van der Waals surface area contributed by atoms with Crippen molar-refractivity contribution in [2.24, 2.45) is 0 Å². The van der Waals surface area contributed by atoms with Crippen LogP contribution in [0, 0.1) is 24.0 Å². The number of aliphatic hydroxyl groups excluding tert-OH is 1. The standard InChI is InChI=1S/C12H13N3O3/c1-8-3-4-11(15(17)18)5-12(8)14-6-10(7-16)9(2)13-14/h3-6,16H,7H2,1-2H3.